The van der Waals surface area contributed by atoms with Crippen LogP contribution in [-0.4, -0.2) is 11.0 Å². The molecule has 4 N–H and O–H groups in total. The summed E-state index contributed by atoms with van der Waals surface area (Å²) in [5.41, 5.74) is 0. The summed E-state index contributed by atoms with van der Waals surface area (Å²) in [6.07, 6.45) is 0. The Morgan fingerprint density at radius 2 is 1.29 bits per heavy atom. The molecule has 0 aromatic rings. The van der Waals surface area contributed by atoms with Crippen molar-refractivity contribution in [2.75, 3.05) is 0 Å². The molecule has 0 saturated heterocycles. The number of hydrogen-bond donors (Lipinski definition) is 0. The van der Waals surface area contributed by atoms with Crippen LogP contribution in [0.25, 0.3) is 0 Å². The van der Waals surface area contributed by atoms with E-state index in [1.54, 1.807) is 0 Å². The van der Waals surface area contributed by atoms with Crippen LogP contribution in [0.15, 0.2) is 0 Å². The Hall–Kier alpha value is 0.519. The van der Waals surface area contributed by atoms with Crippen molar-refractivity contribution < 1.29 is 52.0 Å². The molecule has 0 saturated carbocycles. The van der Waals surface area contributed by atoms with Crippen LogP contribution in [-0.2, 0) is 41.0 Å². The van der Waals surface area contributed by atoms with Crippen molar-refractivity contribution in [3.05, 3.63) is 0 Å². The van der Waals surface area contributed by atoms with Gasteiger partial charge in [0.05, 0.1) is 0 Å². The summed E-state index contributed by atoms with van der Waals surface area (Å²) in [6.45, 7) is 0. The molecule has 0 bridgehead atoms. The van der Waals surface area contributed by atoms with E-state index in [-0.39, 0.29) is 11.0 Å². The Morgan fingerprint density at radius 3 is 1.29 bits per heavy atom. The molecule has 0 radical (unpaired) electrons. The molecule has 0 heterocycles. The second kappa shape index (κ2) is 16.0. The zero-order chi connectivity index (χ0) is 4.12. The van der Waals surface area contributed by atoms with Gasteiger partial charge in [0.15, 0.2) is 0 Å². The van der Waals surface area contributed by atoms with Crippen LogP contribution >= 0.6 is 0 Å². The van der Waals surface area contributed by atoms with Crippen LogP contribution in [0.5, 0.6) is 0 Å². The van der Waals surface area contributed by atoms with E-state index in [9.17, 15) is 0 Å². The Kier molecular flexibility index (Phi) is 35.8. The van der Waals surface area contributed by atoms with Gasteiger partial charge in [0.1, 0.15) is 0 Å². The molecule has 7 heavy (non-hydrogen) atoms. The predicted octanol–water partition coefficient (Wildman–Crippen LogP) is -1.96. The van der Waals surface area contributed by atoms with E-state index in [0.29, 0.717) is 0 Å². The first kappa shape index (κ1) is 15.6. The van der Waals surface area contributed by atoms with Gasteiger partial charge in [-0.2, -0.15) is 0 Å². The van der Waals surface area contributed by atoms with Gasteiger partial charge in [-0.15, -0.1) is 0 Å². The molecule has 0 rings (SSSR count). The first-order chi connectivity index (χ1) is 2.41. The van der Waals surface area contributed by atoms with Crippen molar-refractivity contribution in [3.8, 4) is 0 Å². The minimum absolute atomic E-state index is 0. The molecular formula is H4Fe2O5. The average Bonchev–Trinajstić information content (AvgIpc) is 1.41. The first-order valence-electron chi connectivity index (χ1n) is 0.577. The second-order valence-electron chi connectivity index (χ2n) is 0.169. The van der Waals surface area contributed by atoms with E-state index < -0.39 is 30.4 Å². The maximum absolute atomic E-state index is 9.11. The molecule has 5 nitrogen and oxygen atoms in total. The van der Waals surface area contributed by atoms with Gasteiger partial charge >= 0.3 is 41.0 Å². The van der Waals surface area contributed by atoms with Crippen LogP contribution < -0.4 is 0 Å². The summed E-state index contributed by atoms with van der Waals surface area (Å²) >= 11 is -1.44. The Balaban J connectivity index is -0.0000000800. The Labute approximate surface area is 52.4 Å². The summed E-state index contributed by atoms with van der Waals surface area (Å²) in [5.74, 6) is 0. The third kappa shape index (κ3) is 21.0. The van der Waals surface area contributed by atoms with Gasteiger partial charge < -0.3 is 11.0 Å². The zero-order valence-electron chi connectivity index (χ0n) is 2.93. The molecule has 0 aliphatic rings. The van der Waals surface area contributed by atoms with E-state index in [0.717, 1.165) is 0 Å². The fourth-order valence-electron chi connectivity index (χ4n) is 0.00851. The molecule has 0 aromatic carbocycles. The zero-order valence-corrected chi connectivity index (χ0v) is 5.14. The van der Waals surface area contributed by atoms with Crippen molar-refractivity contribution in [3.63, 3.8) is 0 Å². The SMILES string of the molecule is O.O.[O]=[Fe][O][Fe]=[O]. The molecule has 0 unspecified atom stereocenters. The van der Waals surface area contributed by atoms with Crippen molar-refractivity contribution >= 4 is 0 Å². The first-order valence-corrected chi connectivity index (χ1v) is 2.38. The van der Waals surface area contributed by atoms with E-state index >= 15 is 0 Å². The molecule has 50 valence electrons. The van der Waals surface area contributed by atoms with Gasteiger partial charge in [0.2, 0.25) is 0 Å². The maximum atomic E-state index is 9.11. The van der Waals surface area contributed by atoms with E-state index in [1.807, 2.05) is 0 Å². The summed E-state index contributed by atoms with van der Waals surface area (Å²) in [7, 11) is 0. The number of hydrogen-bond acceptors (Lipinski definition) is 3. The Bertz CT molecular complexity index is 35.3. The summed E-state index contributed by atoms with van der Waals surface area (Å²) in [6, 6.07) is 0. The van der Waals surface area contributed by atoms with Gasteiger partial charge in [-0.05, 0) is 0 Å². The molecule has 0 aliphatic carbocycles. The molecule has 0 atom stereocenters. The fraction of sp³-hybridized carbons (Fsp3) is 0. The van der Waals surface area contributed by atoms with Crippen LogP contribution in [0.4, 0.5) is 0 Å². The minimum atomic E-state index is -0.719. The van der Waals surface area contributed by atoms with Crippen molar-refractivity contribution in [1.29, 1.82) is 0 Å². The van der Waals surface area contributed by atoms with Gasteiger partial charge in [-0.1, -0.05) is 0 Å². The van der Waals surface area contributed by atoms with Crippen molar-refractivity contribution in [2.45, 2.75) is 0 Å². The van der Waals surface area contributed by atoms with E-state index in [2.05, 4.69) is 2.90 Å². The second-order valence-corrected chi connectivity index (χ2v) is 1.35. The third-order valence-electron chi connectivity index (χ3n) is 0.0417. The van der Waals surface area contributed by atoms with Crippen LogP contribution in [0.3, 0.4) is 0 Å². The van der Waals surface area contributed by atoms with Gasteiger partial charge in [0.25, 0.3) is 0 Å². The molecule has 0 fully saturated rings. The molecule has 7 heteroatoms. The van der Waals surface area contributed by atoms with E-state index in [4.69, 9.17) is 7.67 Å². The topological polar surface area (TPSA) is 106 Å². The fourth-order valence-corrected chi connectivity index (χ4v) is 0.145. The summed E-state index contributed by atoms with van der Waals surface area (Å²) in [5, 5.41) is 0. The monoisotopic (exact) mass is 196 g/mol. The molecular weight excluding hydrogens is 192 g/mol. The predicted molar refractivity (Wildman–Crippen MR) is 9.69 cm³/mol. The van der Waals surface area contributed by atoms with E-state index in [1.165, 1.54) is 0 Å². The number of rotatable bonds is 2. The standard InChI is InChI=1S/2Fe.2H2O.3O/h;;2*1H2;;;. The van der Waals surface area contributed by atoms with Crippen LogP contribution in [0, 0.1) is 0 Å². The quantitative estimate of drug-likeness (QED) is 0.478. The van der Waals surface area contributed by atoms with Crippen LogP contribution in [0.2, 0.25) is 0 Å². The molecule has 0 spiro atoms. The van der Waals surface area contributed by atoms with Gasteiger partial charge in [0, 0.05) is 0 Å². The van der Waals surface area contributed by atoms with Crippen LogP contribution in [0.1, 0.15) is 0 Å². The molecule has 0 amide bonds. The Morgan fingerprint density at radius 1 is 1.00 bits per heavy atom. The molecule has 0 aromatic heterocycles. The van der Waals surface area contributed by atoms with Crippen molar-refractivity contribution in [1.82, 2.24) is 0 Å². The summed E-state index contributed by atoms with van der Waals surface area (Å²) < 4.78 is 21.9. The molecule has 0 aliphatic heterocycles. The normalized spacial score (nSPS) is 5.71. The average molecular weight is 196 g/mol. The summed E-state index contributed by atoms with van der Waals surface area (Å²) in [4.78, 5) is 0. The van der Waals surface area contributed by atoms with Gasteiger partial charge in [-0.25, -0.2) is 0 Å². The van der Waals surface area contributed by atoms with Crippen molar-refractivity contribution in [2.24, 2.45) is 0 Å². The third-order valence-corrected chi connectivity index (χ3v) is 0.708. The van der Waals surface area contributed by atoms with Gasteiger partial charge in [-0.3, -0.25) is 0 Å².